The Kier molecular flexibility index (Phi) is 9.84. The maximum absolute atomic E-state index is 13.5. The summed E-state index contributed by atoms with van der Waals surface area (Å²) in [6, 6.07) is 32.5. The van der Waals surface area contributed by atoms with Crippen LogP contribution in [-0.4, -0.2) is 15.0 Å². The standard InChI is InChI=1S/C26H15F6N2O.C11H8N.Ir/c1-13-5-3-6-14(2)22(13)20-10-9-16-15-7-4-8-17(23(15)35-24(16)34-20)21-11-18(25(27,28)29)19(12-33-21)26(30,31)32;1-2-6-10(7-3-1)11-8-4-5-9-12-11;/h3-7,9-12H,1-2H3;1-6,8-9H;/q2*-1;. The zero-order valence-corrected chi connectivity index (χ0v) is 27.6. The minimum Gasteiger partial charge on any atom is -0.486 e. The number of halogens is 6. The van der Waals surface area contributed by atoms with Crippen molar-refractivity contribution in [3.8, 4) is 33.8 Å². The summed E-state index contributed by atoms with van der Waals surface area (Å²) in [7, 11) is 0. The molecule has 4 nitrogen and oxygen atoms in total. The molecular weight excluding hydrogens is 809 g/mol. The molecule has 1 radical (unpaired) electrons. The zero-order valence-electron chi connectivity index (χ0n) is 25.2. The van der Waals surface area contributed by atoms with Crippen molar-refractivity contribution in [1.29, 1.82) is 0 Å². The molecular formula is C37H23F6IrN3O-2. The van der Waals surface area contributed by atoms with Gasteiger partial charge in [-0.15, -0.1) is 54.1 Å². The Morgan fingerprint density at radius 2 is 1.38 bits per heavy atom. The van der Waals surface area contributed by atoms with Crippen LogP contribution in [0.4, 0.5) is 26.3 Å². The second-order valence-electron chi connectivity index (χ2n) is 10.6. The van der Waals surface area contributed by atoms with Crippen molar-refractivity contribution in [2.75, 3.05) is 0 Å². The van der Waals surface area contributed by atoms with E-state index in [0.717, 1.165) is 27.9 Å². The van der Waals surface area contributed by atoms with Crippen LogP contribution in [0.3, 0.4) is 0 Å². The average molecular weight is 832 g/mol. The molecule has 0 spiro atoms. The largest absolute Gasteiger partial charge is 0.486 e. The number of pyridine rings is 3. The first-order valence-electron chi connectivity index (χ1n) is 14.3. The van der Waals surface area contributed by atoms with E-state index >= 15 is 0 Å². The van der Waals surface area contributed by atoms with Gasteiger partial charge in [0, 0.05) is 43.4 Å². The Labute approximate surface area is 284 Å². The van der Waals surface area contributed by atoms with E-state index < -0.39 is 23.5 Å². The zero-order chi connectivity index (χ0) is 33.3. The molecule has 0 aliphatic carbocycles. The van der Waals surface area contributed by atoms with E-state index in [0.29, 0.717) is 22.5 Å². The molecule has 11 heteroatoms. The number of rotatable bonds is 3. The molecule has 0 N–H and O–H groups in total. The van der Waals surface area contributed by atoms with Gasteiger partial charge < -0.3 is 14.4 Å². The van der Waals surface area contributed by atoms with Gasteiger partial charge in [0.25, 0.3) is 0 Å². The molecule has 3 aromatic carbocycles. The molecule has 0 aliphatic rings. The Morgan fingerprint density at radius 1 is 0.646 bits per heavy atom. The van der Waals surface area contributed by atoms with Gasteiger partial charge in [0.1, 0.15) is 0 Å². The molecule has 4 aromatic heterocycles. The van der Waals surface area contributed by atoms with Crippen LogP contribution in [0.25, 0.3) is 55.8 Å². The third kappa shape index (κ3) is 7.02. The first kappa shape index (κ1) is 34.5. The third-order valence-corrected chi connectivity index (χ3v) is 7.46. The molecule has 0 atom stereocenters. The van der Waals surface area contributed by atoms with Gasteiger partial charge in [-0.25, -0.2) is 4.98 Å². The Morgan fingerprint density at radius 3 is 2.02 bits per heavy atom. The summed E-state index contributed by atoms with van der Waals surface area (Å²) >= 11 is 0. The number of furan rings is 1. The van der Waals surface area contributed by atoms with Crippen LogP contribution in [0.1, 0.15) is 22.3 Å². The SMILES string of the molecule is Cc1cccc(C)c1-c1ccc2c(n1)oc1c(-c3cc(C(F)(F)F)c(C(F)(F)F)cn3)[c-]ccc12.[Ir].[c-]1ccccc1-c1ccccn1. The van der Waals surface area contributed by atoms with Crippen molar-refractivity contribution in [3.63, 3.8) is 0 Å². The summed E-state index contributed by atoms with van der Waals surface area (Å²) in [6.07, 6.45) is -8.47. The summed E-state index contributed by atoms with van der Waals surface area (Å²) < 4.78 is 85.8. The summed E-state index contributed by atoms with van der Waals surface area (Å²) in [5, 5.41) is 1.14. The summed E-state index contributed by atoms with van der Waals surface area (Å²) in [4.78, 5) is 12.5. The predicted octanol–water partition coefficient (Wildman–Crippen LogP) is 10.7. The van der Waals surface area contributed by atoms with Gasteiger partial charge in [0.2, 0.25) is 5.71 Å². The molecule has 0 saturated heterocycles. The van der Waals surface area contributed by atoms with Crippen molar-refractivity contribution in [1.82, 2.24) is 15.0 Å². The molecule has 7 rings (SSSR count). The van der Waals surface area contributed by atoms with Crippen molar-refractivity contribution >= 4 is 22.1 Å². The van der Waals surface area contributed by atoms with E-state index in [4.69, 9.17) is 4.42 Å². The maximum atomic E-state index is 13.5. The second kappa shape index (κ2) is 13.7. The smallest absolute Gasteiger partial charge is 0.418 e. The summed E-state index contributed by atoms with van der Waals surface area (Å²) in [5.41, 5.74) is 1.97. The average Bonchev–Trinajstić information content (AvgIpc) is 3.43. The number of benzene rings is 3. The van der Waals surface area contributed by atoms with Crippen LogP contribution in [0, 0.1) is 26.0 Å². The number of nitrogens with zero attached hydrogens (tertiary/aromatic N) is 3. The van der Waals surface area contributed by atoms with Crippen molar-refractivity contribution < 1.29 is 50.9 Å². The number of hydrogen-bond donors (Lipinski definition) is 0. The molecule has 245 valence electrons. The van der Waals surface area contributed by atoms with Crippen LogP contribution in [0.15, 0.2) is 108 Å². The molecule has 0 unspecified atom stereocenters. The number of aryl methyl sites for hydroxylation is 2. The fourth-order valence-electron chi connectivity index (χ4n) is 5.30. The monoisotopic (exact) mass is 832 g/mol. The van der Waals surface area contributed by atoms with Gasteiger partial charge in [-0.2, -0.15) is 26.3 Å². The second-order valence-corrected chi connectivity index (χ2v) is 10.6. The van der Waals surface area contributed by atoms with Gasteiger partial charge in [0.15, 0.2) is 0 Å². The number of hydrogen-bond acceptors (Lipinski definition) is 4. The van der Waals surface area contributed by atoms with E-state index in [1.807, 2.05) is 80.6 Å². The fraction of sp³-hybridized carbons (Fsp3) is 0.108. The first-order chi connectivity index (χ1) is 22.4. The minimum atomic E-state index is -5.23. The van der Waals surface area contributed by atoms with Crippen molar-refractivity contribution in [2.24, 2.45) is 0 Å². The summed E-state index contributed by atoms with van der Waals surface area (Å²) in [5.74, 6) is 0. The molecule has 0 aliphatic heterocycles. The third-order valence-electron chi connectivity index (χ3n) is 7.46. The summed E-state index contributed by atoms with van der Waals surface area (Å²) in [6.45, 7) is 3.91. The fourth-order valence-corrected chi connectivity index (χ4v) is 5.30. The van der Waals surface area contributed by atoms with Crippen LogP contribution >= 0.6 is 0 Å². The maximum Gasteiger partial charge on any atom is 0.418 e. The molecule has 0 amide bonds. The van der Waals surface area contributed by atoms with Crippen molar-refractivity contribution in [2.45, 2.75) is 26.2 Å². The molecule has 0 fully saturated rings. The van der Waals surface area contributed by atoms with Crippen LogP contribution in [-0.2, 0) is 32.5 Å². The quantitative estimate of drug-likeness (QED) is 0.131. The van der Waals surface area contributed by atoms with E-state index in [1.54, 1.807) is 18.3 Å². The van der Waals surface area contributed by atoms with Crippen LogP contribution in [0.2, 0.25) is 0 Å². The molecule has 0 saturated carbocycles. The predicted molar refractivity (Wildman–Crippen MR) is 167 cm³/mol. The van der Waals surface area contributed by atoms with Gasteiger partial charge >= 0.3 is 12.4 Å². The topological polar surface area (TPSA) is 51.8 Å². The van der Waals surface area contributed by atoms with E-state index in [2.05, 4.69) is 27.1 Å². The van der Waals surface area contributed by atoms with E-state index in [-0.39, 0.29) is 48.9 Å². The first-order valence-corrected chi connectivity index (χ1v) is 14.3. The van der Waals surface area contributed by atoms with Gasteiger partial charge in [-0.05, 0) is 54.6 Å². The van der Waals surface area contributed by atoms with Gasteiger partial charge in [0.05, 0.1) is 22.4 Å². The molecule has 7 aromatic rings. The van der Waals surface area contributed by atoms with E-state index in [1.165, 1.54) is 6.07 Å². The Balaban J connectivity index is 0.000000291. The normalized spacial score (nSPS) is 11.6. The number of aromatic nitrogens is 3. The number of alkyl halides is 6. The minimum absolute atomic E-state index is 0. The molecule has 0 bridgehead atoms. The molecule has 48 heavy (non-hydrogen) atoms. The van der Waals surface area contributed by atoms with Gasteiger partial charge in [-0.1, -0.05) is 47.3 Å². The molecule has 4 heterocycles. The van der Waals surface area contributed by atoms with Crippen LogP contribution < -0.4 is 0 Å². The Bertz CT molecular complexity index is 2140. The number of fused-ring (bicyclic) bond motifs is 3. The van der Waals surface area contributed by atoms with Crippen molar-refractivity contribution in [3.05, 3.63) is 138 Å². The van der Waals surface area contributed by atoms with E-state index in [9.17, 15) is 26.3 Å². The van der Waals surface area contributed by atoms with Gasteiger partial charge in [-0.3, -0.25) is 0 Å². The Hall–Kier alpha value is -4.86. The van der Waals surface area contributed by atoms with Crippen LogP contribution in [0.5, 0.6) is 0 Å².